The average molecular weight is 472 g/mol. The van der Waals surface area contributed by atoms with Crippen LogP contribution in [0.2, 0.25) is 0 Å². The molecule has 2 heterocycles. The van der Waals surface area contributed by atoms with Gasteiger partial charge in [-0.3, -0.25) is 9.59 Å². The molecule has 0 unspecified atom stereocenters. The van der Waals surface area contributed by atoms with Crippen LogP contribution < -0.4 is 15.6 Å². The Bertz CT molecular complexity index is 1250. The van der Waals surface area contributed by atoms with Crippen LogP contribution in [0.3, 0.4) is 0 Å². The van der Waals surface area contributed by atoms with Crippen LogP contribution in [-0.4, -0.2) is 57.2 Å². The van der Waals surface area contributed by atoms with E-state index >= 15 is 0 Å². The first-order chi connectivity index (χ1) is 16.2. The molecule has 1 aromatic heterocycles. The first-order valence-electron chi connectivity index (χ1n) is 11.1. The Hall–Kier alpha value is -3.46. The van der Waals surface area contributed by atoms with Crippen molar-refractivity contribution < 1.29 is 22.7 Å². The Labute approximate surface area is 195 Å². The maximum atomic E-state index is 13.5. The van der Waals surface area contributed by atoms with Gasteiger partial charge in [-0.25, -0.2) is 8.78 Å². The molecule has 0 aliphatic carbocycles. The third-order valence-electron chi connectivity index (χ3n) is 5.68. The van der Waals surface area contributed by atoms with Crippen LogP contribution in [0.1, 0.15) is 22.8 Å². The fraction of sp³-hybridized carbons (Fsp3) is 0.360. The summed E-state index contributed by atoms with van der Waals surface area (Å²) in [5.74, 6) is -1.15. The maximum Gasteiger partial charge on any atom is 0.253 e. The summed E-state index contributed by atoms with van der Waals surface area (Å²) in [7, 11) is 3.27. The zero-order chi connectivity index (χ0) is 24.4. The normalized spacial score (nSPS) is 16.0. The lowest BCUT2D eigenvalue weighted by molar-refractivity contribution is 0.0517. The number of nitrogens with zero attached hydrogens (tertiary/aromatic N) is 2. The zero-order valence-corrected chi connectivity index (χ0v) is 19.4. The number of rotatable bonds is 6. The lowest BCUT2D eigenvalue weighted by Crippen LogP contribution is -2.41. The molecule has 1 aliphatic heterocycles. The Kier molecular flexibility index (Phi) is 6.83. The monoisotopic (exact) mass is 471 g/mol. The smallest absolute Gasteiger partial charge is 0.253 e. The van der Waals surface area contributed by atoms with Crippen molar-refractivity contribution >= 4 is 28.4 Å². The van der Waals surface area contributed by atoms with E-state index in [1.807, 2.05) is 11.8 Å². The van der Waals surface area contributed by atoms with Crippen molar-refractivity contribution in [3.63, 3.8) is 0 Å². The first kappa shape index (κ1) is 23.7. The number of fused-ring (bicyclic) bond motifs is 1. The molecule has 1 N–H and O–H groups in total. The predicted molar refractivity (Wildman–Crippen MR) is 127 cm³/mol. The highest BCUT2D eigenvalue weighted by atomic mass is 19.1. The van der Waals surface area contributed by atoms with Crippen molar-refractivity contribution in [3.05, 3.63) is 69.4 Å². The minimum Gasteiger partial charge on any atom is -0.440 e. The van der Waals surface area contributed by atoms with Crippen molar-refractivity contribution in [3.8, 4) is 0 Å². The van der Waals surface area contributed by atoms with Gasteiger partial charge in [-0.05, 0) is 43.2 Å². The Balaban J connectivity index is 1.71. The van der Waals surface area contributed by atoms with Crippen LogP contribution >= 0.6 is 0 Å². The van der Waals surface area contributed by atoms with Gasteiger partial charge in [0.2, 0.25) is 0 Å². The second kappa shape index (κ2) is 9.80. The molecule has 9 heteroatoms. The van der Waals surface area contributed by atoms with Crippen LogP contribution in [0, 0.1) is 11.6 Å². The summed E-state index contributed by atoms with van der Waals surface area (Å²) in [5.41, 5.74) is 1.46. The van der Waals surface area contributed by atoms with Gasteiger partial charge in [0.15, 0.2) is 11.3 Å². The molecular weight excluding hydrogens is 444 g/mol. The Morgan fingerprint density at radius 3 is 2.56 bits per heavy atom. The van der Waals surface area contributed by atoms with Gasteiger partial charge >= 0.3 is 0 Å². The van der Waals surface area contributed by atoms with E-state index in [0.29, 0.717) is 66.3 Å². The third kappa shape index (κ3) is 5.20. The summed E-state index contributed by atoms with van der Waals surface area (Å²) in [6, 6.07) is 7.90. The number of nitrogens with one attached hydrogen (secondary N) is 1. The van der Waals surface area contributed by atoms with Crippen molar-refractivity contribution in [1.82, 2.24) is 4.90 Å². The quantitative estimate of drug-likeness (QED) is 0.592. The number of benzene rings is 2. The standard InChI is InChI=1S/C25H27F2N3O4/c1-15-14-30(6-7-33-15)23-13-22(31)21-9-17(25(32)29(2)3)8-16(24(21)34-23)4-5-28-20-11-18(26)10-19(27)12-20/h8-13,15,28H,4-7,14H2,1-3H3/t15-/m0/s1. The van der Waals surface area contributed by atoms with E-state index in [-0.39, 0.29) is 17.4 Å². The van der Waals surface area contributed by atoms with Gasteiger partial charge < -0.3 is 24.3 Å². The largest absolute Gasteiger partial charge is 0.440 e. The van der Waals surface area contributed by atoms with Gasteiger partial charge in [0.1, 0.15) is 17.2 Å². The number of ether oxygens (including phenoxy) is 1. The molecule has 2 aromatic carbocycles. The molecule has 180 valence electrons. The molecule has 3 aromatic rings. The summed E-state index contributed by atoms with van der Waals surface area (Å²) in [4.78, 5) is 29.1. The van der Waals surface area contributed by atoms with E-state index in [0.717, 1.165) is 6.07 Å². The van der Waals surface area contributed by atoms with Crippen LogP contribution in [0.5, 0.6) is 0 Å². The van der Waals surface area contributed by atoms with Gasteiger partial charge in [-0.2, -0.15) is 0 Å². The van der Waals surface area contributed by atoms with Crippen molar-refractivity contribution in [2.24, 2.45) is 0 Å². The highest BCUT2D eigenvalue weighted by molar-refractivity contribution is 5.98. The number of carbonyl (C=O) groups excluding carboxylic acids is 1. The highest BCUT2D eigenvalue weighted by Crippen LogP contribution is 2.26. The van der Waals surface area contributed by atoms with E-state index < -0.39 is 11.6 Å². The summed E-state index contributed by atoms with van der Waals surface area (Å²) in [6.07, 6.45) is 0.361. The Morgan fingerprint density at radius 2 is 1.88 bits per heavy atom. The average Bonchev–Trinajstić information content (AvgIpc) is 2.78. The molecule has 0 saturated carbocycles. The lowest BCUT2D eigenvalue weighted by atomic mass is 10.0. The second-order valence-corrected chi connectivity index (χ2v) is 8.62. The topological polar surface area (TPSA) is 75.0 Å². The summed E-state index contributed by atoms with van der Waals surface area (Å²) in [5, 5.41) is 3.30. The number of amides is 1. The lowest BCUT2D eigenvalue weighted by Gasteiger charge is -2.31. The van der Waals surface area contributed by atoms with E-state index in [9.17, 15) is 18.4 Å². The van der Waals surface area contributed by atoms with Crippen LogP contribution in [0.25, 0.3) is 11.0 Å². The van der Waals surface area contributed by atoms with Gasteiger partial charge in [-0.1, -0.05) is 0 Å². The van der Waals surface area contributed by atoms with Crippen LogP contribution in [0.4, 0.5) is 20.4 Å². The number of hydrogen-bond donors (Lipinski definition) is 1. The number of morpholine rings is 1. The summed E-state index contributed by atoms with van der Waals surface area (Å²) in [6.45, 7) is 3.97. The summed E-state index contributed by atoms with van der Waals surface area (Å²) < 4.78 is 38.8. The van der Waals surface area contributed by atoms with Crippen molar-refractivity contribution in [2.45, 2.75) is 19.4 Å². The van der Waals surface area contributed by atoms with Crippen molar-refractivity contribution in [2.75, 3.05) is 50.6 Å². The molecular formula is C25H27F2N3O4. The van der Waals surface area contributed by atoms with E-state index in [1.54, 1.807) is 26.2 Å². The minimum atomic E-state index is -0.679. The molecule has 4 rings (SSSR count). The van der Waals surface area contributed by atoms with E-state index in [1.165, 1.54) is 23.1 Å². The number of halogens is 2. The number of carbonyl (C=O) groups is 1. The van der Waals surface area contributed by atoms with Crippen LogP contribution in [-0.2, 0) is 11.2 Å². The molecule has 1 saturated heterocycles. The summed E-state index contributed by atoms with van der Waals surface area (Å²) >= 11 is 0. The predicted octanol–water partition coefficient (Wildman–Crippen LogP) is 3.65. The fourth-order valence-electron chi connectivity index (χ4n) is 4.06. The molecule has 1 aliphatic rings. The number of anilines is 2. The zero-order valence-electron chi connectivity index (χ0n) is 19.4. The van der Waals surface area contributed by atoms with Gasteiger partial charge in [0.05, 0.1) is 18.1 Å². The van der Waals surface area contributed by atoms with Gasteiger partial charge in [0.25, 0.3) is 5.91 Å². The highest BCUT2D eigenvalue weighted by Gasteiger charge is 2.22. The SMILES string of the molecule is C[C@H]1CN(c2cc(=O)c3cc(C(=O)N(C)C)cc(CCNc4cc(F)cc(F)c4)c3o2)CCO1. The second-order valence-electron chi connectivity index (χ2n) is 8.62. The molecule has 34 heavy (non-hydrogen) atoms. The molecule has 7 nitrogen and oxygen atoms in total. The van der Waals surface area contributed by atoms with Gasteiger partial charge in [-0.15, -0.1) is 0 Å². The first-order valence-corrected chi connectivity index (χ1v) is 11.1. The van der Waals surface area contributed by atoms with E-state index in [4.69, 9.17) is 9.15 Å². The number of hydrogen-bond acceptors (Lipinski definition) is 6. The van der Waals surface area contributed by atoms with Crippen LogP contribution in [0.15, 0.2) is 45.6 Å². The minimum absolute atomic E-state index is 0.00479. The molecule has 0 radical (unpaired) electrons. The van der Waals surface area contributed by atoms with E-state index in [2.05, 4.69) is 5.32 Å². The molecule has 1 fully saturated rings. The molecule has 1 atom stereocenters. The Morgan fingerprint density at radius 1 is 1.15 bits per heavy atom. The fourth-order valence-corrected chi connectivity index (χ4v) is 4.06. The van der Waals surface area contributed by atoms with Crippen molar-refractivity contribution in [1.29, 1.82) is 0 Å². The van der Waals surface area contributed by atoms with Gasteiger partial charge in [0, 0.05) is 57.1 Å². The molecule has 0 spiro atoms. The maximum absolute atomic E-state index is 13.5. The third-order valence-corrected chi connectivity index (χ3v) is 5.68. The molecule has 0 bridgehead atoms. The molecule has 1 amide bonds.